The van der Waals surface area contributed by atoms with Crippen molar-refractivity contribution in [2.45, 2.75) is 41.0 Å². The van der Waals surface area contributed by atoms with E-state index >= 15 is 0 Å². The van der Waals surface area contributed by atoms with E-state index < -0.39 is 66.0 Å². The molecule has 1 fully saturated rings. The number of hydrogen-bond donors (Lipinski definition) is 6. The fraction of sp³-hybridized carbons (Fsp3) is 0.333. The molecule has 0 radical (unpaired) electrons. The SMILES string of the molecule is NN/C(=C\NC1C(O)[C@@H](Sc2cccc(OC(F)(F)F)c2)OC(CO)[C@@H]1O)c1cc(F)c(F)c(F)c1. The van der Waals surface area contributed by atoms with E-state index in [2.05, 4.69) is 15.5 Å². The van der Waals surface area contributed by atoms with Gasteiger partial charge in [0.2, 0.25) is 0 Å². The molecule has 36 heavy (non-hydrogen) atoms. The number of nitrogens with one attached hydrogen (secondary N) is 2. The lowest BCUT2D eigenvalue weighted by atomic mass is 9.97. The van der Waals surface area contributed by atoms with E-state index in [-0.39, 0.29) is 16.2 Å². The van der Waals surface area contributed by atoms with Crippen LogP contribution in [0.5, 0.6) is 5.75 Å². The Morgan fingerprint density at radius 1 is 1.11 bits per heavy atom. The van der Waals surface area contributed by atoms with Crippen molar-refractivity contribution in [2.24, 2.45) is 5.84 Å². The normalized spacial score (nSPS) is 24.9. The standard InChI is InChI=1S/C21H21F6N3O5S/c22-12-4-9(5-13(23)16(12)24)14(30-28)7-29-17-18(32)15(8-31)34-20(19(17)33)36-11-3-1-2-10(6-11)35-21(25,26)27/h1-7,15,17-20,29-33H,8,28H2/b14-7-/t15?,17?,18-,19?,20+/m0/s1. The zero-order valence-electron chi connectivity index (χ0n) is 18.0. The topological polar surface area (TPSA) is 129 Å². The van der Waals surface area contributed by atoms with Gasteiger partial charge in [-0.3, -0.25) is 5.84 Å². The average molecular weight is 541 g/mol. The van der Waals surface area contributed by atoms with Crippen LogP contribution < -0.4 is 21.3 Å². The van der Waals surface area contributed by atoms with Crippen molar-refractivity contribution in [3.63, 3.8) is 0 Å². The van der Waals surface area contributed by atoms with Crippen molar-refractivity contribution in [1.29, 1.82) is 0 Å². The Kier molecular flexibility index (Phi) is 8.97. The summed E-state index contributed by atoms with van der Waals surface area (Å²) >= 11 is 0.796. The van der Waals surface area contributed by atoms with E-state index in [0.29, 0.717) is 12.1 Å². The van der Waals surface area contributed by atoms with Gasteiger partial charge in [-0.15, -0.1) is 13.2 Å². The molecular weight excluding hydrogens is 520 g/mol. The summed E-state index contributed by atoms with van der Waals surface area (Å²) in [5.74, 6) is 0.230. The lowest BCUT2D eigenvalue weighted by Gasteiger charge is -2.42. The number of thioether (sulfide) groups is 1. The number of nitrogens with two attached hydrogens (primary N) is 1. The molecule has 3 unspecified atom stereocenters. The van der Waals surface area contributed by atoms with Crippen LogP contribution in [-0.2, 0) is 4.74 Å². The molecule has 2 aromatic carbocycles. The van der Waals surface area contributed by atoms with E-state index in [1.165, 1.54) is 12.1 Å². The van der Waals surface area contributed by atoms with Crippen LogP contribution >= 0.6 is 11.8 Å². The molecule has 0 saturated carbocycles. The van der Waals surface area contributed by atoms with Gasteiger partial charge in [0.15, 0.2) is 17.5 Å². The number of hydrazine groups is 1. The Morgan fingerprint density at radius 2 is 1.78 bits per heavy atom. The smallest absolute Gasteiger partial charge is 0.406 e. The number of rotatable bonds is 8. The van der Waals surface area contributed by atoms with Crippen LogP contribution in [0.15, 0.2) is 47.5 Å². The third-order valence-corrected chi connectivity index (χ3v) is 6.19. The molecule has 8 nitrogen and oxygen atoms in total. The van der Waals surface area contributed by atoms with Gasteiger partial charge in [-0.05, 0) is 30.3 Å². The molecule has 0 aliphatic carbocycles. The summed E-state index contributed by atoms with van der Waals surface area (Å²) in [7, 11) is 0. The molecule has 1 saturated heterocycles. The third kappa shape index (κ3) is 6.74. The highest BCUT2D eigenvalue weighted by Gasteiger charge is 2.44. The number of ether oxygens (including phenoxy) is 2. The van der Waals surface area contributed by atoms with Gasteiger partial charge < -0.3 is 35.5 Å². The van der Waals surface area contributed by atoms with Gasteiger partial charge >= 0.3 is 6.36 Å². The second-order valence-corrected chi connectivity index (χ2v) is 8.67. The summed E-state index contributed by atoms with van der Waals surface area (Å²) in [4.78, 5) is 0.213. The summed E-state index contributed by atoms with van der Waals surface area (Å²) in [5.41, 5.74) is 0.606. The molecule has 0 aromatic heterocycles. The summed E-state index contributed by atoms with van der Waals surface area (Å²) in [5, 5.41) is 33.5. The number of hydrogen-bond acceptors (Lipinski definition) is 9. The van der Waals surface area contributed by atoms with Crippen LogP contribution in [-0.4, -0.2) is 58.1 Å². The molecule has 2 aromatic rings. The molecule has 198 valence electrons. The lowest BCUT2D eigenvalue weighted by molar-refractivity contribution is -0.274. The Hall–Kier alpha value is -2.69. The first kappa shape index (κ1) is 27.9. The molecular formula is C21H21F6N3O5S. The molecule has 1 heterocycles. The second kappa shape index (κ2) is 11.6. The number of benzene rings is 2. The van der Waals surface area contributed by atoms with E-state index in [9.17, 15) is 41.7 Å². The third-order valence-electron chi connectivity index (χ3n) is 5.05. The Bertz CT molecular complexity index is 1070. The van der Waals surface area contributed by atoms with Crippen molar-refractivity contribution < 1.29 is 51.1 Å². The highest BCUT2D eigenvalue weighted by Crippen LogP contribution is 2.35. The van der Waals surface area contributed by atoms with Crippen LogP contribution in [0.2, 0.25) is 0 Å². The van der Waals surface area contributed by atoms with Crippen LogP contribution in [0.1, 0.15) is 5.56 Å². The largest absolute Gasteiger partial charge is 0.573 e. The summed E-state index contributed by atoms with van der Waals surface area (Å²) < 4.78 is 87.4. The average Bonchev–Trinajstić information content (AvgIpc) is 2.80. The molecule has 15 heteroatoms. The Labute approximate surface area is 204 Å². The predicted octanol–water partition coefficient (Wildman–Crippen LogP) is 1.95. The monoisotopic (exact) mass is 541 g/mol. The highest BCUT2D eigenvalue weighted by molar-refractivity contribution is 7.99. The van der Waals surface area contributed by atoms with Gasteiger partial charge in [0.05, 0.1) is 18.3 Å². The van der Waals surface area contributed by atoms with Crippen molar-refractivity contribution in [3.8, 4) is 5.75 Å². The summed E-state index contributed by atoms with van der Waals surface area (Å²) in [6.07, 6.45) is -8.09. The zero-order valence-corrected chi connectivity index (χ0v) is 18.9. The van der Waals surface area contributed by atoms with Crippen molar-refractivity contribution >= 4 is 17.5 Å². The van der Waals surface area contributed by atoms with Gasteiger partial charge in [-0.25, -0.2) is 13.2 Å². The molecule has 0 bridgehead atoms. The molecule has 5 atom stereocenters. The first-order valence-electron chi connectivity index (χ1n) is 10.2. The maximum absolute atomic E-state index is 13.6. The first-order valence-corrected chi connectivity index (χ1v) is 11.0. The molecule has 1 aliphatic heterocycles. The van der Waals surface area contributed by atoms with E-state index in [1.807, 2.05) is 0 Å². The molecule has 0 amide bonds. The number of alkyl halides is 3. The number of halogens is 6. The van der Waals surface area contributed by atoms with E-state index in [4.69, 9.17) is 10.6 Å². The van der Waals surface area contributed by atoms with Gasteiger partial charge in [-0.2, -0.15) is 0 Å². The molecule has 0 spiro atoms. The van der Waals surface area contributed by atoms with Gasteiger partial charge in [-0.1, -0.05) is 17.8 Å². The van der Waals surface area contributed by atoms with Crippen LogP contribution in [0.4, 0.5) is 26.3 Å². The Balaban J connectivity index is 1.82. The van der Waals surface area contributed by atoms with Crippen molar-refractivity contribution in [1.82, 2.24) is 10.7 Å². The quantitative estimate of drug-likeness (QED) is 0.129. The fourth-order valence-electron chi connectivity index (χ4n) is 3.36. The predicted molar refractivity (Wildman–Crippen MR) is 115 cm³/mol. The summed E-state index contributed by atoms with van der Waals surface area (Å²) in [6.45, 7) is -0.680. The van der Waals surface area contributed by atoms with Crippen LogP contribution in [0, 0.1) is 17.5 Å². The number of aliphatic hydroxyl groups excluding tert-OH is 3. The lowest BCUT2D eigenvalue weighted by Crippen LogP contribution is -2.62. The van der Waals surface area contributed by atoms with Gasteiger partial charge in [0.1, 0.15) is 29.5 Å². The maximum atomic E-state index is 13.6. The minimum atomic E-state index is -4.91. The minimum absolute atomic E-state index is 0.152. The van der Waals surface area contributed by atoms with Gasteiger partial charge in [0, 0.05) is 16.7 Å². The first-order chi connectivity index (χ1) is 16.9. The highest BCUT2D eigenvalue weighted by atomic mass is 32.2. The maximum Gasteiger partial charge on any atom is 0.573 e. The van der Waals surface area contributed by atoms with Gasteiger partial charge in [0.25, 0.3) is 0 Å². The Morgan fingerprint density at radius 3 is 2.36 bits per heavy atom. The number of aliphatic hydroxyl groups is 3. The van der Waals surface area contributed by atoms with Crippen molar-refractivity contribution in [3.05, 3.63) is 65.6 Å². The van der Waals surface area contributed by atoms with Crippen LogP contribution in [0.25, 0.3) is 5.70 Å². The minimum Gasteiger partial charge on any atom is -0.406 e. The molecule has 7 N–H and O–H groups in total. The van der Waals surface area contributed by atoms with Crippen molar-refractivity contribution in [2.75, 3.05) is 6.61 Å². The van der Waals surface area contributed by atoms with E-state index in [1.54, 1.807) is 0 Å². The van der Waals surface area contributed by atoms with E-state index in [0.717, 1.165) is 30.1 Å². The second-order valence-electron chi connectivity index (χ2n) is 7.50. The summed E-state index contributed by atoms with van der Waals surface area (Å²) in [6, 6.07) is 4.93. The molecule has 1 aliphatic rings. The fourth-order valence-corrected chi connectivity index (χ4v) is 4.48. The van der Waals surface area contributed by atoms with Crippen LogP contribution in [0.3, 0.4) is 0 Å². The zero-order chi connectivity index (χ0) is 26.6. The molecule has 3 rings (SSSR count).